The molecule has 0 aliphatic heterocycles. The fraction of sp³-hybridized carbons (Fsp3) is 0.500. The number of esters is 1. The van der Waals surface area contributed by atoms with Gasteiger partial charge >= 0.3 is 5.97 Å². The van der Waals surface area contributed by atoms with Crippen LogP contribution in [-0.2, 0) is 24.2 Å². The van der Waals surface area contributed by atoms with Gasteiger partial charge in [-0.15, -0.1) is 0 Å². The van der Waals surface area contributed by atoms with Gasteiger partial charge in [-0.2, -0.15) is 0 Å². The zero-order valence-electron chi connectivity index (χ0n) is 14.3. The molecule has 0 bridgehead atoms. The zero-order valence-corrected chi connectivity index (χ0v) is 16.6. The molecule has 0 radical (unpaired) electrons. The topological polar surface area (TPSA) is 80.8 Å². The largest absolute Gasteiger partial charge is 0.464 e. The monoisotopic (exact) mass is 409 g/mol. The summed E-state index contributed by atoms with van der Waals surface area (Å²) in [5, 5.41) is 0.632. The number of rotatable bonds is 8. The first-order chi connectivity index (χ1) is 11.6. The zero-order chi connectivity index (χ0) is 19.2. The number of amides is 1. The molecule has 25 heavy (non-hydrogen) atoms. The third-order valence-corrected chi connectivity index (χ3v) is 4.75. The average molecular weight is 410 g/mol. The third-order valence-electron chi connectivity index (χ3n) is 3.37. The van der Waals surface area contributed by atoms with Gasteiger partial charge in [0.25, 0.3) is 0 Å². The van der Waals surface area contributed by atoms with E-state index in [1.54, 1.807) is 13.8 Å². The van der Waals surface area contributed by atoms with Crippen LogP contribution in [0.25, 0.3) is 0 Å². The highest BCUT2D eigenvalue weighted by molar-refractivity contribution is 7.90. The molecule has 0 saturated heterocycles. The lowest BCUT2D eigenvalue weighted by atomic mass is 10.0. The van der Waals surface area contributed by atoms with Crippen molar-refractivity contribution in [2.45, 2.75) is 26.3 Å². The van der Waals surface area contributed by atoms with Gasteiger partial charge in [-0.25, -0.2) is 13.2 Å². The molecule has 0 N–H and O–H groups in total. The molecule has 0 spiro atoms. The van der Waals surface area contributed by atoms with Crippen molar-refractivity contribution in [1.29, 1.82) is 0 Å². The van der Waals surface area contributed by atoms with E-state index in [2.05, 4.69) is 0 Å². The molecule has 1 aromatic rings. The van der Waals surface area contributed by atoms with Gasteiger partial charge < -0.3 is 9.64 Å². The van der Waals surface area contributed by atoms with Gasteiger partial charge in [0, 0.05) is 29.3 Å². The lowest BCUT2D eigenvalue weighted by Crippen LogP contribution is -2.40. The van der Waals surface area contributed by atoms with Gasteiger partial charge in [-0.3, -0.25) is 4.79 Å². The molecule has 1 amide bonds. The SMILES string of the molecule is CCOC(=O)C(c1cc(Cl)cc(Cl)c1)N(CC)C(=O)CCS(C)(=O)=O. The second-order valence-corrected chi connectivity index (χ2v) is 8.55. The summed E-state index contributed by atoms with van der Waals surface area (Å²) in [5.41, 5.74) is 0.408. The van der Waals surface area contributed by atoms with Crippen molar-refractivity contribution in [2.75, 3.05) is 25.2 Å². The van der Waals surface area contributed by atoms with Crippen LogP contribution in [0.4, 0.5) is 0 Å². The molecule has 6 nitrogen and oxygen atoms in total. The Bertz CT molecular complexity index is 716. The Labute approximate surface area is 158 Å². The standard InChI is InChI=1S/C16H21Cl2NO5S/c1-4-19(14(20)6-7-25(3,22)23)15(16(21)24-5-2)11-8-12(17)10-13(18)9-11/h8-10,15H,4-7H2,1-3H3. The summed E-state index contributed by atoms with van der Waals surface area (Å²) in [6.07, 6.45) is 0.826. The lowest BCUT2D eigenvalue weighted by Gasteiger charge is -2.29. The molecule has 0 heterocycles. The normalized spacial score (nSPS) is 12.5. The number of benzene rings is 1. The van der Waals surface area contributed by atoms with Crippen LogP contribution in [0, 0.1) is 0 Å². The minimum atomic E-state index is -3.30. The number of carbonyl (C=O) groups excluding carboxylic acids is 2. The maximum atomic E-state index is 12.5. The Morgan fingerprint density at radius 3 is 2.16 bits per heavy atom. The van der Waals surface area contributed by atoms with E-state index in [4.69, 9.17) is 27.9 Å². The molecule has 0 saturated carbocycles. The van der Waals surface area contributed by atoms with E-state index in [-0.39, 0.29) is 25.3 Å². The molecular formula is C16H21Cl2NO5S. The highest BCUT2D eigenvalue weighted by atomic mass is 35.5. The minimum absolute atomic E-state index is 0.138. The molecule has 9 heteroatoms. The first-order valence-electron chi connectivity index (χ1n) is 7.68. The fourth-order valence-corrected chi connectivity index (χ4v) is 3.41. The molecule has 0 aromatic heterocycles. The summed E-state index contributed by atoms with van der Waals surface area (Å²) < 4.78 is 27.7. The van der Waals surface area contributed by atoms with E-state index in [1.165, 1.54) is 23.1 Å². The molecule has 0 fully saturated rings. The van der Waals surface area contributed by atoms with Crippen molar-refractivity contribution in [3.8, 4) is 0 Å². The molecule has 140 valence electrons. The number of hydrogen-bond acceptors (Lipinski definition) is 5. The quantitative estimate of drug-likeness (QED) is 0.616. The van der Waals surface area contributed by atoms with Crippen molar-refractivity contribution in [3.63, 3.8) is 0 Å². The van der Waals surface area contributed by atoms with Crippen LogP contribution >= 0.6 is 23.2 Å². The van der Waals surface area contributed by atoms with E-state index in [9.17, 15) is 18.0 Å². The Hall–Kier alpha value is -1.31. The Kier molecular flexibility index (Phi) is 8.18. The maximum absolute atomic E-state index is 12.5. The van der Waals surface area contributed by atoms with Gasteiger partial charge in [0.1, 0.15) is 9.84 Å². The predicted octanol–water partition coefficient (Wildman–Crippen LogP) is 2.88. The number of likely N-dealkylation sites (N-methyl/N-ethyl adjacent to an activating group) is 1. The molecule has 1 unspecified atom stereocenters. The number of sulfone groups is 1. The fourth-order valence-electron chi connectivity index (χ4n) is 2.32. The van der Waals surface area contributed by atoms with Crippen LogP contribution in [0.2, 0.25) is 10.0 Å². The number of halogens is 2. The summed E-state index contributed by atoms with van der Waals surface area (Å²) in [5.74, 6) is -1.40. The Balaban J connectivity index is 3.23. The van der Waals surface area contributed by atoms with Crippen molar-refractivity contribution >= 4 is 44.9 Å². The number of carbonyl (C=O) groups is 2. The molecule has 0 aliphatic rings. The van der Waals surface area contributed by atoms with Gasteiger partial charge in [-0.1, -0.05) is 23.2 Å². The first-order valence-corrected chi connectivity index (χ1v) is 10.5. The highest BCUT2D eigenvalue weighted by Crippen LogP contribution is 2.29. The summed E-state index contributed by atoms with van der Waals surface area (Å²) in [7, 11) is -3.30. The Morgan fingerprint density at radius 2 is 1.72 bits per heavy atom. The van der Waals surface area contributed by atoms with Crippen molar-refractivity contribution in [2.24, 2.45) is 0 Å². The van der Waals surface area contributed by atoms with Crippen LogP contribution in [0.5, 0.6) is 0 Å². The van der Waals surface area contributed by atoms with E-state index in [0.29, 0.717) is 15.6 Å². The Morgan fingerprint density at radius 1 is 1.16 bits per heavy atom. The van der Waals surface area contributed by atoms with Crippen LogP contribution in [0.1, 0.15) is 31.9 Å². The minimum Gasteiger partial charge on any atom is -0.464 e. The highest BCUT2D eigenvalue weighted by Gasteiger charge is 2.32. The van der Waals surface area contributed by atoms with Crippen LogP contribution in [0.15, 0.2) is 18.2 Å². The van der Waals surface area contributed by atoms with E-state index in [0.717, 1.165) is 6.26 Å². The number of hydrogen-bond donors (Lipinski definition) is 0. The lowest BCUT2D eigenvalue weighted by molar-refractivity contribution is -0.155. The van der Waals surface area contributed by atoms with Gasteiger partial charge in [-0.05, 0) is 37.6 Å². The molecular weight excluding hydrogens is 389 g/mol. The maximum Gasteiger partial charge on any atom is 0.333 e. The van der Waals surface area contributed by atoms with Crippen molar-refractivity contribution in [1.82, 2.24) is 4.90 Å². The predicted molar refractivity (Wildman–Crippen MR) is 97.6 cm³/mol. The van der Waals surface area contributed by atoms with E-state index >= 15 is 0 Å². The van der Waals surface area contributed by atoms with E-state index < -0.39 is 27.8 Å². The summed E-state index contributed by atoms with van der Waals surface area (Å²) in [6, 6.07) is 3.52. The third kappa shape index (κ3) is 6.84. The van der Waals surface area contributed by atoms with Crippen LogP contribution in [-0.4, -0.2) is 50.4 Å². The van der Waals surface area contributed by atoms with Crippen LogP contribution < -0.4 is 0 Å². The average Bonchev–Trinajstić information content (AvgIpc) is 2.48. The van der Waals surface area contributed by atoms with Crippen LogP contribution in [0.3, 0.4) is 0 Å². The van der Waals surface area contributed by atoms with Crippen molar-refractivity contribution in [3.05, 3.63) is 33.8 Å². The molecule has 1 rings (SSSR count). The van der Waals surface area contributed by atoms with Gasteiger partial charge in [0.15, 0.2) is 6.04 Å². The molecule has 0 aliphatic carbocycles. The molecule has 1 atom stereocenters. The van der Waals surface area contributed by atoms with E-state index in [1.807, 2.05) is 0 Å². The summed E-state index contributed by atoms with van der Waals surface area (Å²) >= 11 is 12.0. The first kappa shape index (κ1) is 21.7. The number of nitrogens with zero attached hydrogens (tertiary/aromatic N) is 1. The number of ether oxygens (including phenoxy) is 1. The second-order valence-electron chi connectivity index (χ2n) is 5.42. The van der Waals surface area contributed by atoms with Crippen molar-refractivity contribution < 1.29 is 22.7 Å². The second kappa shape index (κ2) is 9.40. The summed E-state index contributed by atoms with van der Waals surface area (Å²) in [4.78, 5) is 26.2. The summed E-state index contributed by atoms with van der Waals surface area (Å²) in [6.45, 7) is 3.67. The smallest absolute Gasteiger partial charge is 0.333 e. The van der Waals surface area contributed by atoms with Gasteiger partial charge in [0.2, 0.25) is 5.91 Å². The van der Waals surface area contributed by atoms with Gasteiger partial charge in [0.05, 0.1) is 12.4 Å². The molecule has 1 aromatic carbocycles.